The van der Waals surface area contributed by atoms with E-state index in [1.807, 2.05) is 31.2 Å². The Hall–Kier alpha value is -1.56. The van der Waals surface area contributed by atoms with Gasteiger partial charge in [-0.1, -0.05) is 41.4 Å². The average molecular weight is 325 g/mol. The highest BCUT2D eigenvalue weighted by molar-refractivity contribution is 7.89. The zero-order chi connectivity index (χ0) is 15.6. The minimum absolute atomic E-state index is 0.000576. The molecule has 0 spiro atoms. The van der Waals surface area contributed by atoms with Crippen LogP contribution in [0.1, 0.15) is 16.7 Å². The molecule has 0 aliphatic carbocycles. The predicted octanol–water partition coefficient (Wildman–Crippen LogP) is 3.02. The number of anilines is 1. The van der Waals surface area contributed by atoms with Crippen LogP contribution in [0, 0.1) is 13.8 Å². The molecular weight excluding hydrogens is 308 g/mol. The Labute approximate surface area is 130 Å². The number of rotatable bonds is 4. The third-order valence-corrected chi connectivity index (χ3v) is 5.06. The van der Waals surface area contributed by atoms with Crippen molar-refractivity contribution >= 4 is 27.3 Å². The van der Waals surface area contributed by atoms with Gasteiger partial charge in [-0.25, -0.2) is 13.1 Å². The molecule has 0 saturated carbocycles. The van der Waals surface area contributed by atoms with Crippen LogP contribution in [-0.2, 0) is 16.6 Å². The van der Waals surface area contributed by atoms with Gasteiger partial charge in [-0.2, -0.15) is 0 Å². The SMILES string of the molecule is Cc1ccc(CNS(=O)(=O)c2cc(N)c(C)cc2Cl)cc1. The first kappa shape index (κ1) is 15.8. The van der Waals surface area contributed by atoms with E-state index in [9.17, 15) is 8.42 Å². The summed E-state index contributed by atoms with van der Waals surface area (Å²) in [7, 11) is -3.70. The molecule has 2 aromatic rings. The zero-order valence-electron chi connectivity index (χ0n) is 11.9. The van der Waals surface area contributed by atoms with Crippen LogP contribution >= 0.6 is 11.6 Å². The van der Waals surface area contributed by atoms with Gasteiger partial charge >= 0.3 is 0 Å². The van der Waals surface area contributed by atoms with E-state index in [1.165, 1.54) is 6.07 Å². The smallest absolute Gasteiger partial charge is 0.242 e. The van der Waals surface area contributed by atoms with E-state index in [0.717, 1.165) is 16.7 Å². The van der Waals surface area contributed by atoms with Gasteiger partial charge in [0.2, 0.25) is 10.0 Å². The van der Waals surface area contributed by atoms with Crippen LogP contribution in [0.2, 0.25) is 5.02 Å². The second-order valence-corrected chi connectivity index (χ2v) is 7.09. The number of sulfonamides is 1. The molecule has 0 unspecified atom stereocenters. The quantitative estimate of drug-likeness (QED) is 0.849. The van der Waals surface area contributed by atoms with Gasteiger partial charge in [0.05, 0.1) is 5.02 Å². The number of nitrogens with one attached hydrogen (secondary N) is 1. The van der Waals surface area contributed by atoms with E-state index in [1.54, 1.807) is 13.0 Å². The molecule has 0 atom stereocenters. The molecule has 0 bridgehead atoms. The van der Waals surface area contributed by atoms with Crippen molar-refractivity contribution in [2.45, 2.75) is 25.3 Å². The number of hydrogen-bond acceptors (Lipinski definition) is 3. The van der Waals surface area contributed by atoms with Crippen molar-refractivity contribution in [2.75, 3.05) is 5.73 Å². The maximum absolute atomic E-state index is 12.3. The number of benzene rings is 2. The van der Waals surface area contributed by atoms with Gasteiger partial charge in [-0.3, -0.25) is 0 Å². The topological polar surface area (TPSA) is 72.2 Å². The largest absolute Gasteiger partial charge is 0.398 e. The molecule has 0 amide bonds. The van der Waals surface area contributed by atoms with Crippen molar-refractivity contribution in [3.8, 4) is 0 Å². The first-order valence-corrected chi connectivity index (χ1v) is 8.26. The summed E-state index contributed by atoms with van der Waals surface area (Å²) in [5.74, 6) is 0. The van der Waals surface area contributed by atoms with Gasteiger partial charge < -0.3 is 5.73 Å². The van der Waals surface area contributed by atoms with Crippen molar-refractivity contribution in [3.63, 3.8) is 0 Å². The molecule has 0 aromatic heterocycles. The Kier molecular flexibility index (Phi) is 4.56. The molecule has 4 nitrogen and oxygen atoms in total. The van der Waals surface area contributed by atoms with E-state index in [-0.39, 0.29) is 16.5 Å². The standard InChI is InChI=1S/C15H17ClN2O2S/c1-10-3-5-12(6-4-10)9-18-21(19,20)15-8-14(17)11(2)7-13(15)16/h3-8,18H,9,17H2,1-2H3. The van der Waals surface area contributed by atoms with Crippen LogP contribution < -0.4 is 10.5 Å². The average Bonchev–Trinajstić information content (AvgIpc) is 2.42. The molecule has 2 rings (SSSR count). The summed E-state index contributed by atoms with van der Waals surface area (Å²) in [6.45, 7) is 3.95. The predicted molar refractivity (Wildman–Crippen MR) is 85.8 cm³/mol. The Morgan fingerprint density at radius 3 is 2.38 bits per heavy atom. The van der Waals surface area contributed by atoms with Crippen molar-refractivity contribution in [1.82, 2.24) is 4.72 Å². The van der Waals surface area contributed by atoms with Gasteiger partial charge in [0.25, 0.3) is 0 Å². The Morgan fingerprint density at radius 2 is 1.76 bits per heavy atom. The minimum Gasteiger partial charge on any atom is -0.398 e. The Bertz CT molecular complexity index is 756. The highest BCUT2D eigenvalue weighted by Gasteiger charge is 2.18. The summed E-state index contributed by atoms with van der Waals surface area (Å²) in [6.07, 6.45) is 0. The molecule has 0 radical (unpaired) electrons. The van der Waals surface area contributed by atoms with E-state index in [4.69, 9.17) is 17.3 Å². The summed E-state index contributed by atoms with van der Waals surface area (Å²) in [5, 5.41) is 0.165. The summed E-state index contributed by atoms with van der Waals surface area (Å²) < 4.78 is 27.1. The summed E-state index contributed by atoms with van der Waals surface area (Å²) in [6, 6.07) is 10.6. The summed E-state index contributed by atoms with van der Waals surface area (Å²) in [5.41, 5.74) is 8.90. The van der Waals surface area contributed by atoms with E-state index >= 15 is 0 Å². The number of nitrogens with two attached hydrogens (primary N) is 1. The molecule has 0 saturated heterocycles. The molecule has 0 aliphatic rings. The normalized spacial score (nSPS) is 11.6. The fourth-order valence-electron chi connectivity index (χ4n) is 1.84. The van der Waals surface area contributed by atoms with Gasteiger partial charge in [0, 0.05) is 12.2 Å². The Morgan fingerprint density at radius 1 is 1.14 bits per heavy atom. The number of aryl methyl sites for hydroxylation is 2. The second kappa shape index (κ2) is 6.05. The van der Waals surface area contributed by atoms with Gasteiger partial charge in [0.15, 0.2) is 0 Å². The van der Waals surface area contributed by atoms with Crippen molar-refractivity contribution in [1.29, 1.82) is 0 Å². The van der Waals surface area contributed by atoms with E-state index < -0.39 is 10.0 Å². The lowest BCUT2D eigenvalue weighted by atomic mass is 10.2. The molecule has 0 fully saturated rings. The third-order valence-electron chi connectivity index (χ3n) is 3.20. The highest BCUT2D eigenvalue weighted by Crippen LogP contribution is 2.26. The van der Waals surface area contributed by atoms with Crippen LogP contribution in [-0.4, -0.2) is 8.42 Å². The maximum atomic E-state index is 12.3. The fraction of sp³-hybridized carbons (Fsp3) is 0.200. The van der Waals surface area contributed by atoms with Gasteiger partial charge in [0.1, 0.15) is 4.90 Å². The lowest BCUT2D eigenvalue weighted by Gasteiger charge is -2.11. The number of nitrogen functional groups attached to an aromatic ring is 1. The maximum Gasteiger partial charge on any atom is 0.242 e. The van der Waals surface area contributed by atoms with Gasteiger partial charge in [-0.05, 0) is 37.1 Å². The number of hydrogen-bond donors (Lipinski definition) is 2. The molecule has 21 heavy (non-hydrogen) atoms. The first-order chi connectivity index (χ1) is 9.79. The van der Waals surface area contributed by atoms with Crippen molar-refractivity contribution in [2.24, 2.45) is 0 Å². The number of halogens is 1. The molecule has 0 heterocycles. The van der Waals surface area contributed by atoms with Crippen LogP contribution in [0.3, 0.4) is 0 Å². The van der Waals surface area contributed by atoms with Crippen LogP contribution in [0.15, 0.2) is 41.3 Å². The Balaban J connectivity index is 2.22. The van der Waals surface area contributed by atoms with E-state index in [0.29, 0.717) is 5.69 Å². The lowest BCUT2D eigenvalue weighted by molar-refractivity contribution is 0.581. The van der Waals surface area contributed by atoms with Gasteiger partial charge in [-0.15, -0.1) is 0 Å². The second-order valence-electron chi connectivity index (χ2n) is 4.95. The molecular formula is C15H17ClN2O2S. The third kappa shape index (κ3) is 3.75. The summed E-state index contributed by atoms with van der Waals surface area (Å²) in [4.78, 5) is -0.000576. The molecule has 6 heteroatoms. The summed E-state index contributed by atoms with van der Waals surface area (Å²) >= 11 is 6.01. The van der Waals surface area contributed by atoms with Crippen LogP contribution in [0.25, 0.3) is 0 Å². The molecule has 112 valence electrons. The molecule has 0 aliphatic heterocycles. The lowest BCUT2D eigenvalue weighted by Crippen LogP contribution is -2.23. The van der Waals surface area contributed by atoms with Crippen molar-refractivity contribution in [3.05, 3.63) is 58.1 Å². The van der Waals surface area contributed by atoms with Crippen LogP contribution in [0.4, 0.5) is 5.69 Å². The van der Waals surface area contributed by atoms with Crippen molar-refractivity contribution < 1.29 is 8.42 Å². The molecule has 3 N–H and O–H groups in total. The monoisotopic (exact) mass is 324 g/mol. The van der Waals surface area contributed by atoms with Crippen LogP contribution in [0.5, 0.6) is 0 Å². The minimum atomic E-state index is -3.70. The molecule has 2 aromatic carbocycles. The van der Waals surface area contributed by atoms with E-state index in [2.05, 4.69) is 4.72 Å². The first-order valence-electron chi connectivity index (χ1n) is 6.40. The zero-order valence-corrected chi connectivity index (χ0v) is 13.4. The fourth-order valence-corrected chi connectivity index (χ4v) is 3.47. The highest BCUT2D eigenvalue weighted by atomic mass is 35.5.